The number of nitrogens with one attached hydrogen (secondary N) is 1. The number of alkyl halides is 1. The number of ketones is 1. The number of carbonyl (C=O) groups is 2. The van der Waals surface area contributed by atoms with Crippen molar-refractivity contribution in [1.82, 2.24) is 5.32 Å². The molecule has 2 N–H and O–H groups in total. The molecule has 0 saturated heterocycles. The second kappa shape index (κ2) is 7.75. The van der Waals surface area contributed by atoms with Crippen LogP contribution in [0.25, 0.3) is 0 Å². The van der Waals surface area contributed by atoms with E-state index < -0.39 is 33.9 Å². The normalized spacial score (nSPS) is 45.2. The van der Waals surface area contributed by atoms with Crippen molar-refractivity contribution in [1.29, 1.82) is 0 Å². The van der Waals surface area contributed by atoms with Gasteiger partial charge < -0.3 is 15.2 Å². The molecule has 4 fully saturated rings. The van der Waals surface area contributed by atoms with E-state index in [0.717, 1.165) is 18.4 Å². The Hall–Kier alpha value is -2.54. The van der Waals surface area contributed by atoms with Gasteiger partial charge in [0, 0.05) is 11.3 Å². The van der Waals surface area contributed by atoms with Crippen LogP contribution in [0.5, 0.6) is 5.75 Å². The van der Waals surface area contributed by atoms with Crippen LogP contribution in [0.4, 0.5) is 8.78 Å². The second-order valence-electron chi connectivity index (χ2n) is 12.7. The summed E-state index contributed by atoms with van der Waals surface area (Å²) in [4.78, 5) is 25.8. The monoisotopic (exact) mass is 511 g/mol. The van der Waals surface area contributed by atoms with Gasteiger partial charge in [-0.2, -0.15) is 0 Å². The molecule has 0 aromatic heterocycles. The Morgan fingerprint density at radius 1 is 1.16 bits per heavy atom. The maximum atomic E-state index is 17.3. The third kappa shape index (κ3) is 3.03. The maximum absolute atomic E-state index is 17.3. The van der Waals surface area contributed by atoms with Crippen molar-refractivity contribution < 1.29 is 28.2 Å². The molecule has 8 atom stereocenters. The number of aliphatic hydroxyl groups excluding tert-OH is 1. The van der Waals surface area contributed by atoms with Gasteiger partial charge in [-0.15, -0.1) is 0 Å². The van der Waals surface area contributed by atoms with E-state index in [-0.39, 0.29) is 41.9 Å². The van der Waals surface area contributed by atoms with Gasteiger partial charge in [-0.1, -0.05) is 25.5 Å². The summed E-state index contributed by atoms with van der Waals surface area (Å²) >= 11 is 0. The average Bonchev–Trinajstić information content (AvgIpc) is 3.44. The van der Waals surface area contributed by atoms with E-state index in [1.807, 2.05) is 6.92 Å². The number of hydrogen-bond donors (Lipinski definition) is 2. The van der Waals surface area contributed by atoms with Crippen LogP contribution < -0.4 is 10.1 Å². The van der Waals surface area contributed by atoms with Gasteiger partial charge in [0.2, 0.25) is 5.91 Å². The van der Waals surface area contributed by atoms with E-state index in [9.17, 15) is 19.1 Å². The predicted molar refractivity (Wildman–Crippen MR) is 134 cm³/mol. The van der Waals surface area contributed by atoms with Gasteiger partial charge in [0.15, 0.2) is 11.5 Å². The SMILES string of the molecule is C[C@]12C[C@H]3[C@@H]4CCC5=CC(=O)C=C[C@]5(C)[C@@]4(F)[C@@H](O)C[C@]3(C)[C@]1(C(=O)NCCOc1ccc(F)cc1)C2. The van der Waals surface area contributed by atoms with E-state index in [1.165, 1.54) is 18.2 Å². The minimum atomic E-state index is -1.88. The number of amides is 1. The molecule has 1 amide bonds. The van der Waals surface area contributed by atoms with Crippen LogP contribution in [0.15, 0.2) is 48.1 Å². The highest BCUT2D eigenvalue weighted by atomic mass is 19.1. The number of fused-ring (bicyclic) bond motifs is 7. The van der Waals surface area contributed by atoms with E-state index in [1.54, 1.807) is 24.3 Å². The Bertz CT molecular complexity index is 1230. The first-order valence-electron chi connectivity index (χ1n) is 13.4. The first kappa shape index (κ1) is 24.8. The summed E-state index contributed by atoms with van der Waals surface area (Å²) in [6.45, 7) is 6.59. The van der Waals surface area contributed by atoms with Crippen LogP contribution in [0.2, 0.25) is 0 Å². The summed E-state index contributed by atoms with van der Waals surface area (Å²) in [6, 6.07) is 5.75. The lowest BCUT2D eigenvalue weighted by Crippen LogP contribution is -2.67. The van der Waals surface area contributed by atoms with Crippen molar-refractivity contribution in [3.8, 4) is 5.75 Å². The Morgan fingerprint density at radius 3 is 2.62 bits per heavy atom. The highest BCUT2D eigenvalue weighted by Crippen LogP contribution is 2.86. The molecule has 37 heavy (non-hydrogen) atoms. The van der Waals surface area contributed by atoms with Gasteiger partial charge in [0.05, 0.1) is 18.1 Å². The third-order valence-corrected chi connectivity index (χ3v) is 11.1. The number of aliphatic hydroxyl groups is 1. The fourth-order valence-electron chi connectivity index (χ4n) is 9.22. The van der Waals surface area contributed by atoms with E-state index >= 15 is 4.39 Å². The molecule has 7 heteroatoms. The lowest BCUT2D eigenvalue weighted by molar-refractivity contribution is -0.202. The van der Waals surface area contributed by atoms with Crippen LogP contribution >= 0.6 is 0 Å². The summed E-state index contributed by atoms with van der Waals surface area (Å²) in [6.07, 6.45) is 6.30. The Labute approximate surface area is 216 Å². The maximum Gasteiger partial charge on any atom is 0.227 e. The van der Waals surface area contributed by atoms with Gasteiger partial charge in [0.25, 0.3) is 0 Å². The van der Waals surface area contributed by atoms with Crippen LogP contribution in [0, 0.1) is 39.3 Å². The average molecular weight is 512 g/mol. The Kier molecular flexibility index (Phi) is 5.19. The summed E-state index contributed by atoms with van der Waals surface area (Å²) < 4.78 is 36.0. The number of halogens is 2. The van der Waals surface area contributed by atoms with Crippen molar-refractivity contribution in [3.63, 3.8) is 0 Å². The molecule has 5 aliphatic carbocycles. The van der Waals surface area contributed by atoms with Crippen molar-refractivity contribution >= 4 is 11.7 Å². The molecule has 0 radical (unpaired) electrons. The van der Waals surface area contributed by atoms with Crippen LogP contribution in [0.1, 0.15) is 52.9 Å². The number of allylic oxidation sites excluding steroid dienone is 4. The molecule has 0 heterocycles. The molecular weight excluding hydrogens is 476 g/mol. The number of rotatable bonds is 5. The van der Waals surface area contributed by atoms with Crippen molar-refractivity contribution in [2.75, 3.05) is 13.2 Å². The van der Waals surface area contributed by atoms with Gasteiger partial charge >= 0.3 is 0 Å². The number of carbonyl (C=O) groups excluding carboxylic acids is 2. The van der Waals surface area contributed by atoms with E-state index in [4.69, 9.17) is 4.74 Å². The largest absolute Gasteiger partial charge is 0.492 e. The zero-order valence-corrected chi connectivity index (χ0v) is 21.7. The van der Waals surface area contributed by atoms with Gasteiger partial charge in [-0.05, 0) is 92.2 Å². The van der Waals surface area contributed by atoms with Gasteiger partial charge in [-0.25, -0.2) is 8.78 Å². The summed E-state index contributed by atoms with van der Waals surface area (Å²) in [5, 5.41) is 14.6. The molecule has 5 nitrogen and oxygen atoms in total. The highest BCUT2D eigenvalue weighted by molar-refractivity contribution is 6.01. The number of ether oxygens (including phenoxy) is 1. The molecule has 0 bridgehead atoms. The molecule has 1 aromatic rings. The predicted octanol–water partition coefficient (Wildman–Crippen LogP) is 4.70. The van der Waals surface area contributed by atoms with Crippen molar-refractivity contribution in [2.45, 2.75) is 64.6 Å². The summed E-state index contributed by atoms with van der Waals surface area (Å²) in [7, 11) is 0. The summed E-state index contributed by atoms with van der Waals surface area (Å²) in [5.41, 5.74) is -3.57. The zero-order valence-electron chi connectivity index (χ0n) is 21.7. The lowest BCUT2D eigenvalue weighted by atomic mass is 9.44. The molecule has 1 aromatic carbocycles. The summed E-state index contributed by atoms with van der Waals surface area (Å²) in [5.74, 6) is -0.408. The fraction of sp³-hybridized carbons (Fsp3) is 0.600. The molecule has 5 aliphatic rings. The molecule has 6 rings (SSSR count). The van der Waals surface area contributed by atoms with Crippen molar-refractivity contribution in [3.05, 3.63) is 53.9 Å². The zero-order chi connectivity index (χ0) is 26.4. The smallest absolute Gasteiger partial charge is 0.227 e. The number of benzene rings is 1. The Morgan fingerprint density at radius 2 is 1.89 bits per heavy atom. The molecule has 0 unspecified atom stereocenters. The topological polar surface area (TPSA) is 75.6 Å². The van der Waals surface area contributed by atoms with E-state index in [0.29, 0.717) is 25.1 Å². The second-order valence-corrected chi connectivity index (χ2v) is 12.7. The molecule has 0 spiro atoms. The standard InChI is InChI=1S/C30H35F2NO4/c1-26-15-23-22-9-4-18-14-20(34)10-11-27(18,2)30(22,32)24(35)16-28(23,3)29(26,17-26)25(36)33-12-13-37-21-7-5-19(31)6-8-21/h5-8,10-11,14,22-24,35H,4,9,12-13,15-17H2,1-3H3,(H,33,36)/t22-,23-,24-,26+,27-,28-,29-,30-/m0/s1. The van der Waals surface area contributed by atoms with E-state index in [2.05, 4.69) is 19.2 Å². The molecule has 0 aliphatic heterocycles. The quantitative estimate of drug-likeness (QED) is 0.562. The van der Waals surface area contributed by atoms with Crippen LogP contribution in [-0.2, 0) is 9.59 Å². The van der Waals surface area contributed by atoms with Crippen LogP contribution in [0.3, 0.4) is 0 Å². The molecule has 198 valence electrons. The fourth-order valence-corrected chi connectivity index (χ4v) is 9.22. The lowest BCUT2D eigenvalue weighted by Gasteiger charge is -2.62. The molecular formula is C30H35F2NO4. The van der Waals surface area contributed by atoms with Crippen LogP contribution in [-0.4, -0.2) is 41.7 Å². The highest BCUT2D eigenvalue weighted by Gasteiger charge is 2.86. The molecule has 4 saturated carbocycles. The number of hydrogen-bond acceptors (Lipinski definition) is 4. The minimum Gasteiger partial charge on any atom is -0.492 e. The van der Waals surface area contributed by atoms with Gasteiger partial charge in [0.1, 0.15) is 18.2 Å². The third-order valence-electron chi connectivity index (χ3n) is 11.1. The van der Waals surface area contributed by atoms with Gasteiger partial charge in [-0.3, -0.25) is 9.59 Å². The first-order chi connectivity index (χ1) is 17.4. The Balaban J connectivity index is 1.23. The first-order valence-corrected chi connectivity index (χ1v) is 13.4. The minimum absolute atomic E-state index is 0.0368. The van der Waals surface area contributed by atoms with Crippen molar-refractivity contribution in [2.24, 2.45) is 33.5 Å².